The van der Waals surface area contributed by atoms with Crippen molar-refractivity contribution in [1.29, 1.82) is 0 Å². The third-order valence-electron chi connectivity index (χ3n) is 4.10. The number of carbonyl (C=O) groups is 1. The Kier molecular flexibility index (Phi) is 5.74. The highest BCUT2D eigenvalue weighted by Gasteiger charge is 2.26. The average molecular weight is 314 g/mol. The zero-order chi connectivity index (χ0) is 14.5. The summed E-state index contributed by atoms with van der Waals surface area (Å²) in [5.74, 6) is 0.541. The molecule has 0 bridgehead atoms. The molecule has 20 heavy (non-hydrogen) atoms. The van der Waals surface area contributed by atoms with Crippen LogP contribution in [0, 0.1) is 6.92 Å². The first kappa shape index (κ1) is 15.7. The van der Waals surface area contributed by atoms with E-state index in [1.54, 1.807) is 0 Å². The van der Waals surface area contributed by atoms with E-state index in [-0.39, 0.29) is 5.91 Å². The van der Waals surface area contributed by atoms with Crippen molar-refractivity contribution in [1.82, 2.24) is 4.90 Å². The summed E-state index contributed by atoms with van der Waals surface area (Å²) in [5.41, 5.74) is 1.56. The minimum atomic E-state index is 0.0672. The minimum Gasteiger partial charge on any atom is -0.334 e. The van der Waals surface area contributed by atoms with Gasteiger partial charge in [-0.25, -0.2) is 0 Å². The Morgan fingerprint density at radius 3 is 2.65 bits per heavy atom. The standard InChI is InChI=1S/C16H21Cl2NO/c1-12-14(8-5-9-15(12)18)16(20)19(11-10-17)13-6-3-2-4-7-13/h5,8-9,13H,2-4,6-7,10-11H2,1H3. The first-order valence-electron chi connectivity index (χ1n) is 7.27. The highest BCUT2D eigenvalue weighted by atomic mass is 35.5. The molecule has 0 unspecified atom stereocenters. The molecular formula is C16H21Cl2NO. The number of nitrogens with zero attached hydrogens (tertiary/aromatic N) is 1. The van der Waals surface area contributed by atoms with Crippen LogP contribution in [0.25, 0.3) is 0 Å². The average Bonchev–Trinajstić information content (AvgIpc) is 2.48. The summed E-state index contributed by atoms with van der Waals surface area (Å²) < 4.78 is 0. The number of carbonyl (C=O) groups excluding carboxylic acids is 1. The van der Waals surface area contributed by atoms with Gasteiger partial charge in [-0.2, -0.15) is 0 Å². The van der Waals surface area contributed by atoms with Gasteiger partial charge < -0.3 is 4.90 Å². The van der Waals surface area contributed by atoms with E-state index in [1.807, 2.05) is 30.0 Å². The summed E-state index contributed by atoms with van der Waals surface area (Å²) >= 11 is 12.0. The van der Waals surface area contributed by atoms with E-state index in [1.165, 1.54) is 19.3 Å². The number of alkyl halides is 1. The lowest BCUT2D eigenvalue weighted by atomic mass is 9.93. The molecule has 2 nitrogen and oxygen atoms in total. The Labute approximate surface area is 131 Å². The van der Waals surface area contributed by atoms with Gasteiger partial charge in [0.05, 0.1) is 0 Å². The molecule has 0 aromatic heterocycles. The zero-order valence-corrected chi connectivity index (χ0v) is 13.4. The van der Waals surface area contributed by atoms with Crippen LogP contribution in [0.4, 0.5) is 0 Å². The lowest BCUT2D eigenvalue weighted by molar-refractivity contribution is 0.0649. The monoisotopic (exact) mass is 313 g/mol. The molecule has 0 atom stereocenters. The van der Waals surface area contributed by atoms with E-state index in [9.17, 15) is 4.79 Å². The van der Waals surface area contributed by atoms with Crippen molar-refractivity contribution in [3.8, 4) is 0 Å². The maximum Gasteiger partial charge on any atom is 0.254 e. The molecule has 0 radical (unpaired) electrons. The van der Waals surface area contributed by atoms with Gasteiger partial charge in [-0.05, 0) is 37.5 Å². The quantitative estimate of drug-likeness (QED) is 0.740. The van der Waals surface area contributed by atoms with Crippen molar-refractivity contribution in [2.24, 2.45) is 0 Å². The Hall–Kier alpha value is -0.730. The van der Waals surface area contributed by atoms with Gasteiger partial charge in [-0.3, -0.25) is 4.79 Å². The Morgan fingerprint density at radius 2 is 2.00 bits per heavy atom. The van der Waals surface area contributed by atoms with Crippen LogP contribution < -0.4 is 0 Å². The van der Waals surface area contributed by atoms with Gasteiger partial charge >= 0.3 is 0 Å². The molecule has 1 aliphatic carbocycles. The molecule has 1 saturated carbocycles. The SMILES string of the molecule is Cc1c(Cl)cccc1C(=O)N(CCCl)C1CCCCC1. The van der Waals surface area contributed by atoms with Gasteiger partial charge in [0, 0.05) is 29.1 Å². The first-order valence-corrected chi connectivity index (χ1v) is 8.18. The lowest BCUT2D eigenvalue weighted by Crippen LogP contribution is -2.42. The van der Waals surface area contributed by atoms with Crippen LogP contribution in [0.15, 0.2) is 18.2 Å². The molecule has 2 rings (SSSR count). The fourth-order valence-electron chi connectivity index (χ4n) is 2.93. The minimum absolute atomic E-state index is 0.0672. The molecule has 0 aliphatic heterocycles. The van der Waals surface area contributed by atoms with Gasteiger partial charge in [0.15, 0.2) is 0 Å². The highest BCUT2D eigenvalue weighted by Crippen LogP contribution is 2.26. The molecule has 110 valence electrons. The number of hydrogen-bond acceptors (Lipinski definition) is 1. The fraction of sp³-hybridized carbons (Fsp3) is 0.562. The van der Waals surface area contributed by atoms with Crippen molar-refractivity contribution in [3.63, 3.8) is 0 Å². The van der Waals surface area contributed by atoms with Gasteiger partial charge in [-0.1, -0.05) is 36.9 Å². The van der Waals surface area contributed by atoms with Crippen LogP contribution in [0.5, 0.6) is 0 Å². The van der Waals surface area contributed by atoms with Crippen molar-refractivity contribution in [2.45, 2.75) is 45.1 Å². The van der Waals surface area contributed by atoms with Crippen LogP contribution in [0.2, 0.25) is 5.02 Å². The first-order chi connectivity index (χ1) is 9.65. The maximum atomic E-state index is 12.8. The van der Waals surface area contributed by atoms with Crippen molar-refractivity contribution >= 4 is 29.1 Å². The number of rotatable bonds is 4. The summed E-state index contributed by atoms with van der Waals surface area (Å²) in [6, 6.07) is 5.84. The smallest absolute Gasteiger partial charge is 0.254 e. The van der Waals surface area contributed by atoms with E-state index < -0.39 is 0 Å². The summed E-state index contributed by atoms with van der Waals surface area (Å²) in [6.45, 7) is 2.51. The summed E-state index contributed by atoms with van der Waals surface area (Å²) in [5, 5.41) is 0.644. The van der Waals surface area contributed by atoms with Gasteiger partial charge in [0.2, 0.25) is 0 Å². The lowest BCUT2D eigenvalue weighted by Gasteiger charge is -2.34. The second-order valence-electron chi connectivity index (χ2n) is 5.39. The van der Waals surface area contributed by atoms with Crippen LogP contribution in [0.3, 0.4) is 0 Å². The third kappa shape index (κ3) is 3.48. The Bertz CT molecular complexity index is 470. The summed E-state index contributed by atoms with van der Waals surface area (Å²) in [7, 11) is 0. The molecule has 1 aromatic carbocycles. The van der Waals surface area contributed by atoms with E-state index in [0.717, 1.165) is 18.4 Å². The normalized spacial score (nSPS) is 16.1. The van der Waals surface area contributed by atoms with Crippen LogP contribution in [-0.2, 0) is 0 Å². The zero-order valence-electron chi connectivity index (χ0n) is 11.9. The number of amides is 1. The summed E-state index contributed by atoms with van der Waals surface area (Å²) in [4.78, 5) is 14.8. The predicted octanol–water partition coefficient (Wildman–Crippen LogP) is 4.66. The van der Waals surface area contributed by atoms with Gasteiger partial charge in [0.1, 0.15) is 0 Å². The number of hydrogen-bond donors (Lipinski definition) is 0. The molecule has 0 spiro atoms. The van der Waals surface area contributed by atoms with Gasteiger partial charge in [-0.15, -0.1) is 11.6 Å². The Balaban J connectivity index is 2.23. The second-order valence-corrected chi connectivity index (χ2v) is 6.18. The van der Waals surface area contributed by atoms with Crippen molar-refractivity contribution in [3.05, 3.63) is 34.3 Å². The van der Waals surface area contributed by atoms with E-state index in [2.05, 4.69) is 0 Å². The molecule has 1 aliphatic rings. The molecule has 1 fully saturated rings. The van der Waals surface area contributed by atoms with E-state index >= 15 is 0 Å². The molecule has 1 aromatic rings. The van der Waals surface area contributed by atoms with E-state index in [0.29, 0.717) is 29.1 Å². The molecule has 1 amide bonds. The maximum absolute atomic E-state index is 12.8. The predicted molar refractivity (Wildman–Crippen MR) is 84.8 cm³/mol. The number of halogens is 2. The molecule has 0 N–H and O–H groups in total. The van der Waals surface area contributed by atoms with E-state index in [4.69, 9.17) is 23.2 Å². The van der Waals surface area contributed by atoms with Crippen LogP contribution in [0.1, 0.15) is 48.0 Å². The largest absolute Gasteiger partial charge is 0.334 e. The second kappa shape index (κ2) is 7.33. The third-order valence-corrected chi connectivity index (χ3v) is 4.68. The van der Waals surface area contributed by atoms with Gasteiger partial charge in [0.25, 0.3) is 5.91 Å². The molecular weight excluding hydrogens is 293 g/mol. The topological polar surface area (TPSA) is 20.3 Å². The molecule has 0 heterocycles. The summed E-state index contributed by atoms with van der Waals surface area (Å²) in [6.07, 6.45) is 5.84. The highest BCUT2D eigenvalue weighted by molar-refractivity contribution is 6.31. The Morgan fingerprint density at radius 1 is 1.30 bits per heavy atom. The van der Waals surface area contributed by atoms with Crippen LogP contribution in [-0.4, -0.2) is 29.3 Å². The van der Waals surface area contributed by atoms with Crippen LogP contribution >= 0.6 is 23.2 Å². The molecule has 4 heteroatoms. The fourth-order valence-corrected chi connectivity index (χ4v) is 3.28. The van der Waals surface area contributed by atoms with Crippen molar-refractivity contribution in [2.75, 3.05) is 12.4 Å². The van der Waals surface area contributed by atoms with Crippen molar-refractivity contribution < 1.29 is 4.79 Å². The molecule has 0 saturated heterocycles. The number of benzene rings is 1.